The summed E-state index contributed by atoms with van der Waals surface area (Å²) in [6, 6.07) is 6.32. The fourth-order valence-corrected chi connectivity index (χ4v) is 1.65. The first kappa shape index (κ1) is 11.1. The zero-order valence-electron chi connectivity index (χ0n) is 7.44. The van der Waals surface area contributed by atoms with Gasteiger partial charge in [0.15, 0.2) is 9.84 Å². The highest BCUT2D eigenvalue weighted by Crippen LogP contribution is 2.17. The molecule has 1 aromatic rings. The second-order valence-electron chi connectivity index (χ2n) is 2.84. The lowest BCUT2D eigenvalue weighted by Gasteiger charge is -1.99. The van der Waals surface area contributed by atoms with Crippen LogP contribution in [0.3, 0.4) is 0 Å². The molecule has 1 N–H and O–H groups in total. The first-order chi connectivity index (χ1) is 6.38. The molecule has 5 heteroatoms. The minimum absolute atomic E-state index is 0.310. The molecule has 0 aliphatic heterocycles. The van der Waals surface area contributed by atoms with Gasteiger partial charge in [0.25, 0.3) is 0 Å². The Morgan fingerprint density at radius 1 is 1.50 bits per heavy atom. The van der Waals surface area contributed by atoms with Crippen LogP contribution in [0.5, 0.6) is 0 Å². The Labute approximate surface area is 87.6 Å². The van der Waals surface area contributed by atoms with Crippen molar-refractivity contribution in [3.63, 3.8) is 0 Å². The summed E-state index contributed by atoms with van der Waals surface area (Å²) in [7, 11) is -3.34. The third-order valence-electron chi connectivity index (χ3n) is 1.45. The second kappa shape index (κ2) is 4.02. The molecule has 0 bridgehead atoms. The maximum absolute atomic E-state index is 10.8. The fraction of sp³-hybridized carbons (Fsp3) is 0.111. The minimum atomic E-state index is -3.34. The number of aliphatic hydroxyl groups is 1. The van der Waals surface area contributed by atoms with Crippen molar-refractivity contribution in [3.8, 4) is 0 Å². The normalized spacial score (nSPS) is 12.9. The highest BCUT2D eigenvalue weighted by molar-refractivity contribution is 7.93. The van der Waals surface area contributed by atoms with Crippen molar-refractivity contribution in [1.82, 2.24) is 0 Å². The fourth-order valence-electron chi connectivity index (χ4n) is 0.919. The van der Waals surface area contributed by atoms with Crippen LogP contribution in [0.2, 0.25) is 5.02 Å². The van der Waals surface area contributed by atoms with Gasteiger partial charge in [-0.05, 0) is 12.1 Å². The predicted octanol–water partition coefficient (Wildman–Crippen LogP) is 2.24. The number of aliphatic hydroxyl groups excluding tert-OH is 1. The molecular formula is C9H9ClO3S. The van der Waals surface area contributed by atoms with Gasteiger partial charge in [-0.15, -0.1) is 0 Å². The molecule has 0 saturated heterocycles. The number of halogens is 1. The van der Waals surface area contributed by atoms with Crippen molar-refractivity contribution in [2.75, 3.05) is 6.26 Å². The molecule has 0 atom stereocenters. The van der Waals surface area contributed by atoms with E-state index in [-0.39, 0.29) is 5.76 Å². The SMILES string of the molecule is CS(=O)(=O)/C=C(\O)c1cccc(Cl)c1. The number of hydrogen-bond donors (Lipinski definition) is 1. The van der Waals surface area contributed by atoms with Crippen LogP contribution >= 0.6 is 11.6 Å². The van der Waals surface area contributed by atoms with Gasteiger partial charge in [0, 0.05) is 16.8 Å². The van der Waals surface area contributed by atoms with E-state index in [0.717, 1.165) is 11.7 Å². The Morgan fingerprint density at radius 3 is 2.64 bits per heavy atom. The van der Waals surface area contributed by atoms with Crippen LogP contribution in [0.4, 0.5) is 0 Å². The zero-order valence-corrected chi connectivity index (χ0v) is 9.01. The third kappa shape index (κ3) is 3.40. The average Bonchev–Trinajstić information content (AvgIpc) is 2.01. The Hall–Kier alpha value is -1.00. The van der Waals surface area contributed by atoms with E-state index in [9.17, 15) is 13.5 Å². The number of hydrogen-bond acceptors (Lipinski definition) is 3. The molecular weight excluding hydrogens is 224 g/mol. The van der Waals surface area contributed by atoms with E-state index < -0.39 is 9.84 Å². The van der Waals surface area contributed by atoms with Crippen LogP contribution in [0.25, 0.3) is 5.76 Å². The molecule has 76 valence electrons. The number of rotatable bonds is 2. The van der Waals surface area contributed by atoms with Gasteiger partial charge in [-0.2, -0.15) is 0 Å². The topological polar surface area (TPSA) is 54.4 Å². The minimum Gasteiger partial charge on any atom is -0.507 e. The highest BCUT2D eigenvalue weighted by Gasteiger charge is 2.04. The molecule has 0 spiro atoms. The third-order valence-corrected chi connectivity index (χ3v) is 2.33. The summed E-state index contributed by atoms with van der Waals surface area (Å²) >= 11 is 5.67. The van der Waals surface area contributed by atoms with Crippen molar-refractivity contribution in [2.45, 2.75) is 0 Å². The Balaban J connectivity index is 3.13. The average molecular weight is 233 g/mol. The molecule has 14 heavy (non-hydrogen) atoms. The molecule has 0 aromatic heterocycles. The number of sulfone groups is 1. The van der Waals surface area contributed by atoms with E-state index in [4.69, 9.17) is 11.6 Å². The smallest absolute Gasteiger partial charge is 0.172 e. The Kier molecular flexibility index (Phi) is 3.18. The van der Waals surface area contributed by atoms with Crippen molar-refractivity contribution in [1.29, 1.82) is 0 Å². The molecule has 0 heterocycles. The molecule has 1 rings (SSSR count). The maximum atomic E-state index is 10.8. The first-order valence-corrected chi connectivity index (χ1v) is 6.08. The molecule has 0 saturated carbocycles. The molecule has 0 unspecified atom stereocenters. The Morgan fingerprint density at radius 2 is 2.14 bits per heavy atom. The van der Waals surface area contributed by atoms with Gasteiger partial charge in [0.05, 0.1) is 5.41 Å². The van der Waals surface area contributed by atoms with Crippen LogP contribution in [0.1, 0.15) is 5.56 Å². The lowest BCUT2D eigenvalue weighted by molar-refractivity contribution is 0.512. The quantitative estimate of drug-likeness (QED) is 0.796. The van der Waals surface area contributed by atoms with Crippen LogP contribution < -0.4 is 0 Å². The summed E-state index contributed by atoms with van der Waals surface area (Å²) in [6.07, 6.45) is 1.01. The van der Waals surface area contributed by atoms with Crippen LogP contribution in [-0.2, 0) is 9.84 Å². The lowest BCUT2D eigenvalue weighted by atomic mass is 10.2. The largest absolute Gasteiger partial charge is 0.507 e. The standard InChI is InChI=1S/C9H9ClO3S/c1-14(12,13)6-9(11)7-3-2-4-8(10)5-7/h2-6,11H,1H3/b9-6-. The molecule has 0 fully saturated rings. The van der Waals surface area contributed by atoms with E-state index in [1.54, 1.807) is 18.2 Å². The van der Waals surface area contributed by atoms with Gasteiger partial charge < -0.3 is 5.11 Å². The molecule has 0 radical (unpaired) electrons. The second-order valence-corrected chi connectivity index (χ2v) is 5.17. The van der Waals surface area contributed by atoms with Crippen molar-refractivity contribution < 1.29 is 13.5 Å². The monoisotopic (exact) mass is 232 g/mol. The van der Waals surface area contributed by atoms with Gasteiger partial charge in [-0.1, -0.05) is 23.7 Å². The predicted molar refractivity (Wildman–Crippen MR) is 56.9 cm³/mol. The molecule has 0 aliphatic rings. The molecule has 0 aliphatic carbocycles. The van der Waals surface area contributed by atoms with E-state index in [0.29, 0.717) is 10.6 Å². The van der Waals surface area contributed by atoms with Crippen LogP contribution in [0, 0.1) is 0 Å². The summed E-state index contributed by atoms with van der Waals surface area (Å²) in [5.41, 5.74) is 0.378. The van der Waals surface area contributed by atoms with Gasteiger partial charge in [-0.25, -0.2) is 8.42 Å². The van der Waals surface area contributed by atoms with Gasteiger partial charge in [0.2, 0.25) is 0 Å². The van der Waals surface area contributed by atoms with Crippen molar-refractivity contribution in [3.05, 3.63) is 40.3 Å². The van der Waals surface area contributed by atoms with Gasteiger partial charge in [0.1, 0.15) is 5.76 Å². The summed E-state index contributed by atoms with van der Waals surface area (Å²) < 4.78 is 21.7. The highest BCUT2D eigenvalue weighted by atomic mass is 35.5. The molecule has 1 aromatic carbocycles. The van der Waals surface area contributed by atoms with Crippen molar-refractivity contribution >= 4 is 27.2 Å². The molecule has 3 nitrogen and oxygen atoms in total. The van der Waals surface area contributed by atoms with E-state index in [1.807, 2.05) is 0 Å². The van der Waals surface area contributed by atoms with Gasteiger partial charge >= 0.3 is 0 Å². The Bertz CT molecular complexity index is 463. The van der Waals surface area contributed by atoms with E-state index in [2.05, 4.69) is 0 Å². The van der Waals surface area contributed by atoms with Crippen LogP contribution in [-0.4, -0.2) is 19.8 Å². The lowest BCUT2D eigenvalue weighted by Crippen LogP contribution is -1.92. The summed E-state index contributed by atoms with van der Waals surface area (Å²) in [5, 5.41) is 10.6. The zero-order chi connectivity index (χ0) is 10.8. The van der Waals surface area contributed by atoms with Crippen LogP contribution in [0.15, 0.2) is 29.7 Å². The van der Waals surface area contributed by atoms with Gasteiger partial charge in [-0.3, -0.25) is 0 Å². The summed E-state index contributed by atoms with van der Waals surface area (Å²) in [5.74, 6) is -0.310. The number of benzene rings is 1. The van der Waals surface area contributed by atoms with Crippen molar-refractivity contribution in [2.24, 2.45) is 0 Å². The summed E-state index contributed by atoms with van der Waals surface area (Å²) in [4.78, 5) is 0. The van der Waals surface area contributed by atoms with E-state index in [1.165, 1.54) is 6.07 Å². The molecule has 0 amide bonds. The summed E-state index contributed by atoms with van der Waals surface area (Å²) in [6.45, 7) is 0. The maximum Gasteiger partial charge on any atom is 0.172 e. The van der Waals surface area contributed by atoms with E-state index >= 15 is 0 Å². The first-order valence-electron chi connectivity index (χ1n) is 3.75.